The predicted octanol–water partition coefficient (Wildman–Crippen LogP) is 2.78. The number of rotatable bonds is 14. The van der Waals surface area contributed by atoms with E-state index in [4.69, 9.17) is 37.9 Å². The van der Waals surface area contributed by atoms with E-state index >= 15 is 4.39 Å². The lowest BCUT2D eigenvalue weighted by atomic mass is 9.77. The minimum absolute atomic E-state index is 0.0609. The fourth-order valence-corrected chi connectivity index (χ4v) is 12.0. The lowest BCUT2D eigenvalue weighted by Crippen LogP contribution is -2.61. The van der Waals surface area contributed by atoms with Crippen LogP contribution in [0.3, 0.4) is 0 Å². The first kappa shape index (κ1) is 61.8. The highest BCUT2D eigenvalue weighted by molar-refractivity contribution is 5.90. The standard InChI is InChI=1S/C54H90FN5O16/c1-14-41-54(10,68)46(63)34(6)57(11)27-30(2)25-52(8,67)48(32(4)45(33(5)49(65)74-41)75-43-26-53(9,69-13)47(64)35(7)72-43)76-50-44(62)40(23-31(3)71-50)58(12)29-42(61)56-18-17-37-28-60(51(66)73-37)36-15-16-39(38(55)24-36)59-19-21-70-22-20-59/h15-16,24,30-35,37,40-41,43-48,50,62-64,67-68H,14,17-23,25-29H2,1-13H3,(H,56,61)/t30-,31-,32+,33-,34-,35+,37+,40+,41-,43+,44-,45+,46-,47+,48-,50+,52-,53-,54-/m1/s1. The van der Waals surface area contributed by atoms with Crippen molar-refractivity contribution in [2.45, 2.75) is 198 Å². The summed E-state index contributed by atoms with van der Waals surface area (Å²) in [5.74, 6) is -3.81. The number of carbonyl (C=O) groups is 3. The Hall–Kier alpha value is -3.36. The summed E-state index contributed by atoms with van der Waals surface area (Å²) in [5.41, 5.74) is -3.86. The topological polar surface area (TPSA) is 251 Å². The number of benzene rings is 1. The van der Waals surface area contributed by atoms with E-state index in [1.54, 1.807) is 79.6 Å². The molecule has 0 aromatic heterocycles. The highest BCUT2D eigenvalue weighted by Gasteiger charge is 2.53. The normalized spacial score (nSPS) is 40.8. The van der Waals surface area contributed by atoms with Crippen LogP contribution in [0.15, 0.2) is 18.2 Å². The van der Waals surface area contributed by atoms with Gasteiger partial charge in [-0.2, -0.15) is 0 Å². The second-order valence-corrected chi connectivity index (χ2v) is 23.1. The summed E-state index contributed by atoms with van der Waals surface area (Å²) >= 11 is 0. The summed E-state index contributed by atoms with van der Waals surface area (Å²) in [6, 6.07) is 3.39. The first-order valence-electron chi connectivity index (χ1n) is 27.3. The van der Waals surface area contributed by atoms with Crippen LogP contribution in [-0.2, 0) is 47.5 Å². The molecule has 2 amide bonds. The molecule has 0 spiro atoms. The zero-order chi connectivity index (χ0) is 56.2. The van der Waals surface area contributed by atoms with Crippen LogP contribution in [0.25, 0.3) is 0 Å². The number of methoxy groups -OCH3 is 1. The number of ether oxygens (including phenoxy) is 8. The Kier molecular flexibility index (Phi) is 21.0. The number of morpholine rings is 1. The maximum Gasteiger partial charge on any atom is 0.414 e. The second kappa shape index (κ2) is 25.8. The molecular weight excluding hydrogens is 994 g/mol. The van der Waals surface area contributed by atoms with E-state index in [1.807, 2.05) is 23.6 Å². The van der Waals surface area contributed by atoms with Crippen LogP contribution in [-0.4, -0.2) is 223 Å². The summed E-state index contributed by atoms with van der Waals surface area (Å²) in [5, 5.41) is 62.5. The van der Waals surface area contributed by atoms with Gasteiger partial charge in [-0.25, -0.2) is 9.18 Å². The molecule has 21 nitrogen and oxygen atoms in total. The Bertz CT molecular complexity index is 2090. The van der Waals surface area contributed by atoms with Crippen molar-refractivity contribution in [3.8, 4) is 0 Å². The van der Waals surface area contributed by atoms with Crippen LogP contribution >= 0.6 is 0 Å². The van der Waals surface area contributed by atoms with Crippen LogP contribution in [0, 0.1) is 23.6 Å². The van der Waals surface area contributed by atoms with Gasteiger partial charge in [0.15, 0.2) is 12.6 Å². The van der Waals surface area contributed by atoms with Crippen molar-refractivity contribution in [3.05, 3.63) is 24.0 Å². The number of nitrogens with one attached hydrogen (secondary N) is 1. The number of amides is 2. The zero-order valence-corrected chi connectivity index (χ0v) is 47.1. The van der Waals surface area contributed by atoms with Crippen LogP contribution < -0.4 is 15.1 Å². The maximum absolute atomic E-state index is 15.2. The van der Waals surface area contributed by atoms with Gasteiger partial charge in [-0.15, -0.1) is 0 Å². The number of nitrogens with zero attached hydrogens (tertiary/aromatic N) is 4. The quantitative estimate of drug-likeness (QED) is 0.147. The first-order valence-corrected chi connectivity index (χ1v) is 27.3. The minimum atomic E-state index is -1.87. The molecule has 76 heavy (non-hydrogen) atoms. The highest BCUT2D eigenvalue weighted by Crippen LogP contribution is 2.41. The number of aliphatic hydroxyl groups excluding tert-OH is 3. The van der Waals surface area contributed by atoms with Gasteiger partial charge in [0.1, 0.15) is 41.9 Å². The van der Waals surface area contributed by atoms with Crippen LogP contribution in [0.5, 0.6) is 0 Å². The number of hydrogen-bond donors (Lipinski definition) is 6. The second-order valence-electron chi connectivity index (χ2n) is 23.1. The Morgan fingerprint density at radius 3 is 2.28 bits per heavy atom. The van der Waals surface area contributed by atoms with E-state index in [-0.39, 0.29) is 50.7 Å². The predicted molar refractivity (Wildman–Crippen MR) is 278 cm³/mol. The van der Waals surface area contributed by atoms with E-state index in [1.165, 1.54) is 25.0 Å². The molecule has 1 aromatic carbocycles. The molecule has 0 bridgehead atoms. The van der Waals surface area contributed by atoms with Gasteiger partial charge < -0.3 is 78.5 Å². The minimum Gasteiger partial charge on any atom is -0.459 e. The fraction of sp³-hybridized carbons (Fsp3) is 0.833. The van der Waals surface area contributed by atoms with E-state index in [9.17, 15) is 39.9 Å². The third-order valence-corrected chi connectivity index (χ3v) is 16.8. The Morgan fingerprint density at radius 1 is 0.947 bits per heavy atom. The molecule has 19 atom stereocenters. The average Bonchev–Trinajstić information content (AvgIpc) is 3.74. The molecule has 5 saturated heterocycles. The van der Waals surface area contributed by atoms with Gasteiger partial charge in [0, 0.05) is 64.1 Å². The van der Waals surface area contributed by atoms with E-state index in [0.29, 0.717) is 57.1 Å². The molecule has 5 aliphatic heterocycles. The Labute approximate surface area is 448 Å². The van der Waals surface area contributed by atoms with Gasteiger partial charge in [-0.05, 0) is 106 Å². The largest absolute Gasteiger partial charge is 0.459 e. The van der Waals surface area contributed by atoms with E-state index in [0.717, 1.165) is 0 Å². The smallest absolute Gasteiger partial charge is 0.414 e. The molecule has 0 radical (unpaired) electrons. The lowest BCUT2D eigenvalue weighted by Gasteiger charge is -2.49. The lowest BCUT2D eigenvalue weighted by molar-refractivity contribution is -0.318. The van der Waals surface area contributed by atoms with Gasteiger partial charge >= 0.3 is 12.1 Å². The number of halogens is 1. The fourth-order valence-electron chi connectivity index (χ4n) is 12.0. The van der Waals surface area contributed by atoms with Crippen molar-refractivity contribution >= 4 is 29.3 Å². The molecule has 5 fully saturated rings. The molecule has 5 aliphatic rings. The third kappa shape index (κ3) is 14.3. The number of cyclic esters (lactones) is 2. The highest BCUT2D eigenvalue weighted by atomic mass is 19.1. The summed E-state index contributed by atoms with van der Waals surface area (Å²) in [4.78, 5) is 47.7. The molecule has 6 N–H and O–H groups in total. The van der Waals surface area contributed by atoms with Gasteiger partial charge in [-0.1, -0.05) is 20.8 Å². The average molecular weight is 1080 g/mol. The zero-order valence-electron chi connectivity index (χ0n) is 47.1. The molecule has 6 rings (SSSR count). The summed E-state index contributed by atoms with van der Waals surface area (Å²) < 4.78 is 64.2. The molecule has 22 heteroatoms. The summed E-state index contributed by atoms with van der Waals surface area (Å²) in [7, 11) is 4.99. The van der Waals surface area contributed by atoms with Crippen molar-refractivity contribution in [3.63, 3.8) is 0 Å². The van der Waals surface area contributed by atoms with Crippen molar-refractivity contribution < 1.29 is 82.2 Å². The number of carbonyl (C=O) groups excluding carboxylic acids is 3. The molecule has 0 unspecified atom stereocenters. The van der Waals surface area contributed by atoms with Gasteiger partial charge in [-0.3, -0.25) is 19.4 Å². The van der Waals surface area contributed by atoms with Crippen molar-refractivity contribution in [1.82, 2.24) is 15.1 Å². The molecular formula is C54H90FN5O16. The number of esters is 1. The van der Waals surface area contributed by atoms with Gasteiger partial charge in [0.05, 0.1) is 79.2 Å². The SMILES string of the molecule is CC[C@H]1OC(=O)[C@H](C)[C@@H](O[C@H]2C[C@@](C)(OC)[C@@H](O)[C@H](C)O2)[C@H](C)[C@@H](O[C@@H]2O[C@H](C)C[C@H](N(C)CC(=O)NCC[C@H]3CN(c4ccc(N5CCOCC5)c(F)c4)C(=O)O3)[C@H]2O)[C@](C)(O)C[C@@H](C)CN(C)[C@H](C)[C@@H](O)[C@]1(C)O. The number of hydrogen-bond acceptors (Lipinski definition) is 19. The monoisotopic (exact) mass is 1080 g/mol. The van der Waals surface area contributed by atoms with Crippen molar-refractivity contribution in [1.29, 1.82) is 0 Å². The van der Waals surface area contributed by atoms with Crippen molar-refractivity contribution in [2.75, 3.05) is 83.5 Å². The summed E-state index contributed by atoms with van der Waals surface area (Å²) in [6.07, 6.45) is -11.0. The number of likely N-dealkylation sites (N-methyl/N-ethyl adjacent to an activating group) is 2. The molecule has 0 saturated carbocycles. The van der Waals surface area contributed by atoms with Gasteiger partial charge in [0.25, 0.3) is 0 Å². The molecule has 1 aromatic rings. The number of aliphatic hydroxyl groups is 5. The number of anilines is 2. The van der Waals surface area contributed by atoms with Crippen LogP contribution in [0.2, 0.25) is 0 Å². The Morgan fingerprint density at radius 2 is 1.63 bits per heavy atom. The molecule has 0 aliphatic carbocycles. The molecule has 434 valence electrons. The van der Waals surface area contributed by atoms with Crippen molar-refractivity contribution in [2.24, 2.45) is 17.8 Å². The van der Waals surface area contributed by atoms with E-state index < -0.39 is 126 Å². The summed E-state index contributed by atoms with van der Waals surface area (Å²) in [6.45, 7) is 19.9. The van der Waals surface area contributed by atoms with Crippen LogP contribution in [0.4, 0.5) is 20.6 Å². The molecule has 5 heterocycles. The third-order valence-electron chi connectivity index (χ3n) is 16.8. The first-order chi connectivity index (χ1) is 35.6. The maximum atomic E-state index is 15.2. The van der Waals surface area contributed by atoms with Crippen LogP contribution in [0.1, 0.15) is 101 Å². The van der Waals surface area contributed by atoms with Gasteiger partial charge in [0.2, 0.25) is 5.91 Å². The Balaban J connectivity index is 1.18. The van der Waals surface area contributed by atoms with E-state index in [2.05, 4.69) is 5.32 Å².